The van der Waals surface area contributed by atoms with E-state index in [1.165, 1.54) is 0 Å². The molecule has 1 nitrogen and oxygen atoms in total. The molecule has 2 aromatic carbocycles. The Morgan fingerprint density at radius 1 is 1.05 bits per heavy atom. The second kappa shape index (κ2) is 5.84. The smallest absolute Gasteiger partial charge is 0.194 e. The first-order valence-corrected chi connectivity index (χ1v) is 6.47. The van der Waals surface area contributed by atoms with Gasteiger partial charge in [-0.15, -0.1) is 0 Å². The van der Waals surface area contributed by atoms with E-state index in [9.17, 15) is 13.2 Å². The Morgan fingerprint density at radius 3 is 2.32 bits per heavy atom. The van der Waals surface area contributed by atoms with Crippen LogP contribution >= 0.6 is 27.5 Å². The molecule has 100 valence electrons. The average Bonchev–Trinajstić information content (AvgIpc) is 2.37. The first-order chi connectivity index (χ1) is 8.97. The molecular formula is C13H8BrClF3N. The number of hydrogen-bond donors (Lipinski definition) is 1. The van der Waals surface area contributed by atoms with Gasteiger partial charge in [0.1, 0.15) is 0 Å². The van der Waals surface area contributed by atoms with Crippen molar-refractivity contribution in [1.82, 2.24) is 0 Å². The summed E-state index contributed by atoms with van der Waals surface area (Å²) in [5, 5.41) is 3.35. The van der Waals surface area contributed by atoms with Crippen LogP contribution in [0.15, 0.2) is 34.8 Å². The summed E-state index contributed by atoms with van der Waals surface area (Å²) < 4.78 is 39.6. The van der Waals surface area contributed by atoms with E-state index < -0.39 is 17.5 Å². The fourth-order valence-corrected chi connectivity index (χ4v) is 2.12. The van der Waals surface area contributed by atoms with E-state index in [1.54, 1.807) is 18.2 Å². The lowest BCUT2D eigenvalue weighted by atomic mass is 10.2. The zero-order valence-electron chi connectivity index (χ0n) is 9.48. The highest BCUT2D eigenvalue weighted by Gasteiger charge is 2.10. The molecule has 0 aliphatic heterocycles. The van der Waals surface area contributed by atoms with Gasteiger partial charge in [0.25, 0.3) is 0 Å². The Bertz CT molecular complexity index is 596. The molecule has 0 atom stereocenters. The SMILES string of the molecule is Fc1cc(NCc2cc(Cl)ccc2Br)cc(F)c1F. The molecule has 0 fully saturated rings. The summed E-state index contributed by atoms with van der Waals surface area (Å²) in [5.41, 5.74) is 0.973. The van der Waals surface area contributed by atoms with Crippen molar-refractivity contribution in [3.8, 4) is 0 Å². The summed E-state index contributed by atoms with van der Waals surface area (Å²) in [6.45, 7) is 0.297. The maximum Gasteiger partial charge on any atom is 0.194 e. The predicted molar refractivity (Wildman–Crippen MR) is 72.8 cm³/mol. The average molecular weight is 351 g/mol. The van der Waals surface area contributed by atoms with E-state index in [0.717, 1.165) is 22.2 Å². The van der Waals surface area contributed by atoms with E-state index in [1.807, 2.05) is 0 Å². The largest absolute Gasteiger partial charge is 0.381 e. The lowest BCUT2D eigenvalue weighted by Gasteiger charge is -2.09. The van der Waals surface area contributed by atoms with E-state index in [2.05, 4.69) is 21.2 Å². The van der Waals surface area contributed by atoms with Gasteiger partial charge in [-0.3, -0.25) is 0 Å². The Hall–Kier alpha value is -1.20. The number of nitrogens with one attached hydrogen (secondary N) is 1. The molecule has 1 N–H and O–H groups in total. The van der Waals surface area contributed by atoms with Crippen LogP contribution < -0.4 is 5.32 Å². The third kappa shape index (κ3) is 3.42. The van der Waals surface area contributed by atoms with Crippen molar-refractivity contribution < 1.29 is 13.2 Å². The normalized spacial score (nSPS) is 10.6. The van der Waals surface area contributed by atoms with Crippen molar-refractivity contribution in [2.24, 2.45) is 0 Å². The molecule has 0 radical (unpaired) electrons. The van der Waals surface area contributed by atoms with Crippen molar-refractivity contribution in [3.05, 3.63) is 62.8 Å². The van der Waals surface area contributed by atoms with Crippen LogP contribution in [0.3, 0.4) is 0 Å². The Kier molecular flexibility index (Phi) is 4.37. The van der Waals surface area contributed by atoms with Crippen LogP contribution in [0.1, 0.15) is 5.56 Å². The van der Waals surface area contributed by atoms with Gasteiger partial charge in [-0.05, 0) is 23.8 Å². The lowest BCUT2D eigenvalue weighted by molar-refractivity contribution is 0.447. The van der Waals surface area contributed by atoms with Crippen LogP contribution in [0, 0.1) is 17.5 Å². The van der Waals surface area contributed by atoms with Crippen molar-refractivity contribution in [2.45, 2.75) is 6.54 Å². The van der Waals surface area contributed by atoms with Crippen molar-refractivity contribution in [1.29, 1.82) is 0 Å². The lowest BCUT2D eigenvalue weighted by Crippen LogP contribution is -2.02. The first kappa shape index (κ1) is 14.2. The molecule has 0 amide bonds. The minimum atomic E-state index is -1.48. The molecule has 0 saturated heterocycles. The fourth-order valence-electron chi connectivity index (χ4n) is 1.53. The van der Waals surface area contributed by atoms with Crippen LogP contribution in [0.2, 0.25) is 5.02 Å². The van der Waals surface area contributed by atoms with Crippen LogP contribution in [0.4, 0.5) is 18.9 Å². The van der Waals surface area contributed by atoms with Crippen molar-refractivity contribution >= 4 is 33.2 Å². The zero-order valence-corrected chi connectivity index (χ0v) is 11.8. The summed E-state index contributed by atoms with van der Waals surface area (Å²) in [5.74, 6) is -3.94. The van der Waals surface area contributed by atoms with E-state index >= 15 is 0 Å². The number of benzene rings is 2. The highest BCUT2D eigenvalue weighted by atomic mass is 79.9. The van der Waals surface area contributed by atoms with Gasteiger partial charge < -0.3 is 5.32 Å². The molecule has 0 heterocycles. The third-order valence-corrected chi connectivity index (χ3v) is 3.48. The molecule has 0 bridgehead atoms. The van der Waals surface area contributed by atoms with E-state index in [0.29, 0.717) is 11.6 Å². The number of hydrogen-bond acceptors (Lipinski definition) is 1. The van der Waals surface area contributed by atoms with E-state index in [4.69, 9.17) is 11.6 Å². The van der Waals surface area contributed by atoms with Gasteiger partial charge in [-0.25, -0.2) is 13.2 Å². The molecule has 2 rings (SSSR count). The fraction of sp³-hybridized carbons (Fsp3) is 0.0769. The quantitative estimate of drug-likeness (QED) is 0.757. The molecule has 6 heteroatoms. The summed E-state index contributed by atoms with van der Waals surface area (Å²) in [7, 11) is 0. The maximum atomic E-state index is 13.0. The number of rotatable bonds is 3. The van der Waals surface area contributed by atoms with Crippen LogP contribution in [0.25, 0.3) is 0 Å². The first-order valence-electron chi connectivity index (χ1n) is 5.29. The Balaban J connectivity index is 2.17. The van der Waals surface area contributed by atoms with Crippen LogP contribution in [-0.4, -0.2) is 0 Å². The van der Waals surface area contributed by atoms with Gasteiger partial charge in [-0.1, -0.05) is 27.5 Å². The highest BCUT2D eigenvalue weighted by molar-refractivity contribution is 9.10. The molecule has 0 saturated carbocycles. The standard InChI is InChI=1S/C13H8BrClF3N/c14-10-2-1-8(15)3-7(10)6-19-9-4-11(16)13(18)12(17)5-9/h1-5,19H,6H2. The van der Waals surface area contributed by atoms with Gasteiger partial charge >= 0.3 is 0 Å². The van der Waals surface area contributed by atoms with Gasteiger partial charge in [0.2, 0.25) is 0 Å². The summed E-state index contributed by atoms with van der Waals surface area (Å²) in [6.07, 6.45) is 0. The van der Waals surface area contributed by atoms with Crippen LogP contribution in [0.5, 0.6) is 0 Å². The van der Waals surface area contributed by atoms with Crippen molar-refractivity contribution in [3.63, 3.8) is 0 Å². The molecule has 0 aliphatic rings. The summed E-state index contributed by atoms with van der Waals surface area (Å²) in [6, 6.07) is 7.00. The minimum Gasteiger partial charge on any atom is -0.381 e. The van der Waals surface area contributed by atoms with Gasteiger partial charge in [-0.2, -0.15) is 0 Å². The second-order valence-electron chi connectivity index (χ2n) is 3.84. The summed E-state index contributed by atoms with van der Waals surface area (Å²) in [4.78, 5) is 0. The highest BCUT2D eigenvalue weighted by Crippen LogP contribution is 2.23. The number of halogens is 5. The summed E-state index contributed by atoms with van der Waals surface area (Å²) >= 11 is 9.19. The topological polar surface area (TPSA) is 12.0 Å². The zero-order chi connectivity index (χ0) is 14.0. The van der Waals surface area contributed by atoms with Crippen LogP contribution in [-0.2, 0) is 6.54 Å². The predicted octanol–water partition coefficient (Wildman–Crippen LogP) is 5.13. The van der Waals surface area contributed by atoms with Gasteiger partial charge in [0, 0.05) is 33.9 Å². The molecule has 0 unspecified atom stereocenters. The van der Waals surface area contributed by atoms with Gasteiger partial charge in [0.05, 0.1) is 0 Å². The molecule has 0 aliphatic carbocycles. The van der Waals surface area contributed by atoms with E-state index in [-0.39, 0.29) is 5.69 Å². The number of anilines is 1. The Labute approximate surface area is 121 Å². The van der Waals surface area contributed by atoms with Gasteiger partial charge in [0.15, 0.2) is 17.5 Å². The molecule has 19 heavy (non-hydrogen) atoms. The molecule has 0 aromatic heterocycles. The third-order valence-electron chi connectivity index (χ3n) is 2.47. The molecular weight excluding hydrogens is 343 g/mol. The maximum absolute atomic E-state index is 13.0. The minimum absolute atomic E-state index is 0.156. The second-order valence-corrected chi connectivity index (χ2v) is 5.13. The monoisotopic (exact) mass is 349 g/mol. The van der Waals surface area contributed by atoms with Crippen molar-refractivity contribution in [2.75, 3.05) is 5.32 Å². The Morgan fingerprint density at radius 2 is 1.68 bits per heavy atom. The molecule has 0 spiro atoms. The molecule has 2 aromatic rings.